The summed E-state index contributed by atoms with van der Waals surface area (Å²) in [6.45, 7) is 6.28. The fourth-order valence-corrected chi connectivity index (χ4v) is 8.03. The molecule has 5 aliphatic rings. The average molecular weight is 448 g/mol. The zero-order chi connectivity index (χ0) is 22.5. The molecule has 0 aromatic rings. The Balaban J connectivity index is 1.41. The van der Waals surface area contributed by atoms with Crippen LogP contribution in [0.1, 0.15) is 71.6 Å². The van der Waals surface area contributed by atoms with E-state index in [1.807, 2.05) is 0 Å². The molecule has 0 aromatic heterocycles. The Hall–Kier alpha value is -1.50. The standard InChI is InChI=1S/C25H38FN3O3/c1-24-9-6-18-16(17(24)4-5-23(24)30)12-21(28-31-3)19-13-22(20(26)14-25(18,19)2)29-32-15-7-10-27-11-8-15/h15-20,27H,4-14H2,1-3H3/b28-21+,29-22+/t16-,17-,18-,19?,20+,24-,25+/m0/s1. The number of hydrogen-bond acceptors (Lipinski definition) is 6. The molecule has 4 saturated carbocycles. The number of Topliss-reactive ketones (excluding diaryl/α,β-unsaturated/α-hetero) is 1. The van der Waals surface area contributed by atoms with Crippen molar-refractivity contribution in [1.82, 2.24) is 5.32 Å². The van der Waals surface area contributed by atoms with Gasteiger partial charge in [-0.25, -0.2) is 4.39 Å². The normalized spacial score (nSPS) is 47.1. The molecule has 1 saturated heterocycles. The molecule has 0 radical (unpaired) electrons. The molecule has 4 aliphatic carbocycles. The Labute approximate surface area is 190 Å². The predicted octanol–water partition coefficient (Wildman–Crippen LogP) is 4.28. The van der Waals surface area contributed by atoms with E-state index in [2.05, 4.69) is 29.5 Å². The van der Waals surface area contributed by atoms with Gasteiger partial charge in [-0.1, -0.05) is 24.2 Å². The van der Waals surface area contributed by atoms with E-state index in [4.69, 9.17) is 9.68 Å². The van der Waals surface area contributed by atoms with E-state index in [0.717, 1.165) is 57.3 Å². The molecule has 178 valence electrons. The number of rotatable bonds is 3. The van der Waals surface area contributed by atoms with Crippen LogP contribution >= 0.6 is 0 Å². The summed E-state index contributed by atoms with van der Waals surface area (Å²) in [5.74, 6) is 1.72. The van der Waals surface area contributed by atoms with Crippen molar-refractivity contribution in [1.29, 1.82) is 0 Å². The van der Waals surface area contributed by atoms with Crippen molar-refractivity contribution in [3.8, 4) is 0 Å². The molecule has 5 fully saturated rings. The predicted molar refractivity (Wildman–Crippen MR) is 121 cm³/mol. The van der Waals surface area contributed by atoms with E-state index in [0.29, 0.717) is 48.5 Å². The topological polar surface area (TPSA) is 72.3 Å². The van der Waals surface area contributed by atoms with E-state index in [1.54, 1.807) is 7.11 Å². The van der Waals surface area contributed by atoms with Gasteiger partial charge in [-0.2, -0.15) is 0 Å². The largest absolute Gasteiger partial charge is 0.399 e. The molecule has 0 bridgehead atoms. The summed E-state index contributed by atoms with van der Waals surface area (Å²) >= 11 is 0. The maximum Gasteiger partial charge on any atom is 0.142 e. The fraction of sp³-hybridized carbons (Fsp3) is 0.880. The first-order chi connectivity index (χ1) is 15.4. The number of piperidine rings is 1. The smallest absolute Gasteiger partial charge is 0.142 e. The van der Waals surface area contributed by atoms with E-state index >= 15 is 4.39 Å². The van der Waals surface area contributed by atoms with Crippen LogP contribution in [0.15, 0.2) is 10.3 Å². The lowest BCUT2D eigenvalue weighted by Crippen LogP contribution is -2.58. The zero-order valence-electron chi connectivity index (χ0n) is 19.7. The van der Waals surface area contributed by atoms with Crippen LogP contribution < -0.4 is 5.32 Å². The van der Waals surface area contributed by atoms with Crippen LogP contribution in [0, 0.1) is 34.5 Å². The molecule has 6 nitrogen and oxygen atoms in total. The fourth-order valence-electron chi connectivity index (χ4n) is 8.03. The monoisotopic (exact) mass is 447 g/mol. The first-order valence-corrected chi connectivity index (χ1v) is 12.6. The second kappa shape index (κ2) is 8.37. The van der Waals surface area contributed by atoms with Crippen LogP contribution in [0.5, 0.6) is 0 Å². The van der Waals surface area contributed by atoms with Crippen molar-refractivity contribution in [2.45, 2.75) is 83.9 Å². The maximum absolute atomic E-state index is 15.5. The first kappa shape index (κ1) is 22.3. The number of nitrogens with zero attached hydrogens (tertiary/aromatic N) is 2. The summed E-state index contributed by atoms with van der Waals surface area (Å²) in [6.07, 6.45) is 6.26. The van der Waals surface area contributed by atoms with E-state index < -0.39 is 6.17 Å². The van der Waals surface area contributed by atoms with E-state index in [-0.39, 0.29) is 22.9 Å². The number of nitrogens with one attached hydrogen (secondary N) is 1. The number of carbonyl (C=O) groups excluding carboxylic acids is 1. The third-order valence-electron chi connectivity index (χ3n) is 9.84. The lowest BCUT2D eigenvalue weighted by atomic mass is 9.44. The van der Waals surface area contributed by atoms with Gasteiger partial charge in [0, 0.05) is 24.2 Å². The molecule has 5 rings (SSSR count). The SMILES string of the molecule is CO/N=C1\C[C@@H]2[C@H](CC[C@]3(C)C(=O)CC[C@@H]23)[C@@]2(C)C[C@@H](F)/C(=N/OC3CCNCC3)CC12. The molecule has 32 heavy (non-hydrogen) atoms. The highest BCUT2D eigenvalue weighted by atomic mass is 19.1. The average Bonchev–Trinajstić information content (AvgIpc) is 3.08. The van der Waals surface area contributed by atoms with Crippen molar-refractivity contribution in [3.63, 3.8) is 0 Å². The van der Waals surface area contributed by atoms with E-state index in [9.17, 15) is 4.79 Å². The molecule has 0 spiro atoms. The molecule has 1 N–H and O–H groups in total. The van der Waals surface area contributed by atoms with Crippen molar-refractivity contribution >= 4 is 17.2 Å². The molecular weight excluding hydrogens is 409 g/mol. The summed E-state index contributed by atoms with van der Waals surface area (Å²) in [5.41, 5.74) is 1.16. The lowest BCUT2D eigenvalue weighted by molar-refractivity contribution is -0.133. The summed E-state index contributed by atoms with van der Waals surface area (Å²) in [6, 6.07) is 0. The highest BCUT2D eigenvalue weighted by Gasteiger charge is 2.62. The van der Waals surface area contributed by atoms with Crippen LogP contribution in [0.2, 0.25) is 0 Å². The van der Waals surface area contributed by atoms with Gasteiger partial charge in [0.25, 0.3) is 0 Å². The molecule has 7 atom stereocenters. The van der Waals surface area contributed by atoms with Crippen molar-refractivity contribution in [2.75, 3.05) is 20.2 Å². The van der Waals surface area contributed by atoms with Crippen LogP contribution in [-0.4, -0.2) is 49.7 Å². The molecule has 0 amide bonds. The number of oxime groups is 2. The molecule has 1 unspecified atom stereocenters. The first-order valence-electron chi connectivity index (χ1n) is 12.6. The molecule has 0 aromatic carbocycles. The van der Waals surface area contributed by atoms with Gasteiger partial charge >= 0.3 is 0 Å². The number of carbonyl (C=O) groups is 1. The third kappa shape index (κ3) is 3.50. The van der Waals surface area contributed by atoms with Gasteiger partial charge in [-0.15, -0.1) is 0 Å². The second-order valence-electron chi connectivity index (χ2n) is 11.3. The van der Waals surface area contributed by atoms with Gasteiger partial charge in [0.1, 0.15) is 25.2 Å². The van der Waals surface area contributed by atoms with Gasteiger partial charge in [0.05, 0.1) is 11.4 Å². The number of hydrogen-bond donors (Lipinski definition) is 1. The Kier molecular flexibility index (Phi) is 5.83. The number of halogens is 1. The van der Waals surface area contributed by atoms with Crippen molar-refractivity contribution in [3.05, 3.63) is 0 Å². The molecular formula is C25H38FN3O3. The summed E-state index contributed by atoms with van der Waals surface area (Å²) < 4.78 is 15.5. The van der Waals surface area contributed by atoms with Gasteiger partial charge in [0.2, 0.25) is 0 Å². The van der Waals surface area contributed by atoms with E-state index in [1.165, 1.54) is 0 Å². The van der Waals surface area contributed by atoms with Gasteiger partial charge < -0.3 is 15.0 Å². The Morgan fingerprint density at radius 2 is 1.81 bits per heavy atom. The number of fused-ring (bicyclic) bond motifs is 5. The summed E-state index contributed by atoms with van der Waals surface area (Å²) in [4.78, 5) is 23.8. The van der Waals surface area contributed by atoms with Crippen molar-refractivity contribution < 1.29 is 18.9 Å². The minimum Gasteiger partial charge on any atom is -0.399 e. The summed E-state index contributed by atoms with van der Waals surface area (Å²) in [5, 5.41) is 12.1. The molecule has 7 heteroatoms. The second-order valence-corrected chi connectivity index (χ2v) is 11.3. The quantitative estimate of drug-likeness (QED) is 0.656. The van der Waals surface area contributed by atoms with Gasteiger partial charge in [0.15, 0.2) is 0 Å². The van der Waals surface area contributed by atoms with Gasteiger partial charge in [-0.05, 0) is 81.2 Å². The molecule has 1 aliphatic heterocycles. The molecule has 1 heterocycles. The zero-order valence-corrected chi connectivity index (χ0v) is 19.7. The van der Waals surface area contributed by atoms with Gasteiger partial charge in [-0.3, -0.25) is 4.79 Å². The highest BCUT2D eigenvalue weighted by Crippen LogP contribution is 2.64. The van der Waals surface area contributed by atoms with Crippen molar-refractivity contribution in [2.24, 2.45) is 44.8 Å². The minimum atomic E-state index is -1.08. The summed E-state index contributed by atoms with van der Waals surface area (Å²) in [7, 11) is 1.59. The Bertz CT molecular complexity index is 810. The maximum atomic E-state index is 15.5. The third-order valence-corrected chi connectivity index (χ3v) is 9.84. The van der Waals surface area contributed by atoms with Crippen LogP contribution in [0.25, 0.3) is 0 Å². The Morgan fingerprint density at radius 3 is 2.56 bits per heavy atom. The number of alkyl halides is 1. The van der Waals surface area contributed by atoms with Crippen LogP contribution in [0.4, 0.5) is 4.39 Å². The lowest BCUT2D eigenvalue weighted by Gasteiger charge is -2.59. The minimum absolute atomic E-state index is 0.0723. The van der Waals surface area contributed by atoms with Crippen LogP contribution in [-0.2, 0) is 14.5 Å². The Morgan fingerprint density at radius 1 is 1.03 bits per heavy atom. The highest BCUT2D eigenvalue weighted by molar-refractivity contribution is 5.98. The van der Waals surface area contributed by atoms with Crippen LogP contribution in [0.3, 0.4) is 0 Å². The number of ketones is 1.